The van der Waals surface area contributed by atoms with E-state index in [4.69, 9.17) is 20.3 Å². The van der Waals surface area contributed by atoms with Crippen LogP contribution < -0.4 is 20.5 Å². The summed E-state index contributed by atoms with van der Waals surface area (Å²) in [6, 6.07) is 11.9. The monoisotopic (exact) mass is 510 g/mol. The number of fused-ring (bicyclic) bond motifs is 1. The van der Waals surface area contributed by atoms with E-state index in [1.54, 1.807) is 41.8 Å². The number of amides is 1. The second-order valence-corrected chi connectivity index (χ2v) is 8.52. The summed E-state index contributed by atoms with van der Waals surface area (Å²) in [4.78, 5) is 17.9. The summed E-state index contributed by atoms with van der Waals surface area (Å²) in [5.41, 5.74) is 8.35. The molecule has 2 aromatic heterocycles. The van der Waals surface area contributed by atoms with E-state index in [0.717, 1.165) is 23.3 Å². The molecule has 194 valence electrons. The number of aliphatic hydroxyl groups excluding tert-OH is 1. The third kappa shape index (κ3) is 5.71. The molecule has 4 rings (SSSR count). The number of ether oxygens (including phenoxy) is 2. The molecule has 4 N–H and O–H groups in total. The first-order valence-electron chi connectivity index (χ1n) is 11.7. The molecule has 0 radical (unpaired) electrons. The van der Waals surface area contributed by atoms with Gasteiger partial charge in [-0.1, -0.05) is 18.2 Å². The first-order chi connectivity index (χ1) is 17.8. The quantitative estimate of drug-likeness (QED) is 0.301. The van der Waals surface area contributed by atoms with E-state index in [1.165, 1.54) is 6.07 Å². The van der Waals surface area contributed by atoms with Gasteiger partial charge in [0.15, 0.2) is 11.4 Å². The number of benzene rings is 2. The lowest BCUT2D eigenvalue weighted by atomic mass is 10.1. The zero-order valence-corrected chi connectivity index (χ0v) is 20.5. The van der Waals surface area contributed by atoms with Crippen LogP contribution in [0, 0.1) is 25.5 Å². The van der Waals surface area contributed by atoms with Gasteiger partial charge in [0.1, 0.15) is 36.3 Å². The lowest BCUT2D eigenvalue weighted by molar-refractivity contribution is 0.0931. The molecule has 1 unspecified atom stereocenters. The topological polar surface area (TPSA) is 111 Å². The Labute approximate surface area is 212 Å². The number of carbonyl (C=O) groups is 1. The van der Waals surface area contributed by atoms with E-state index in [-0.39, 0.29) is 43.4 Å². The average Bonchev–Trinajstić information content (AvgIpc) is 3.21. The van der Waals surface area contributed by atoms with Crippen molar-refractivity contribution in [2.24, 2.45) is 5.73 Å². The van der Waals surface area contributed by atoms with Gasteiger partial charge in [-0.25, -0.2) is 13.8 Å². The number of nitrogens with two attached hydrogens (primary N) is 1. The second kappa shape index (κ2) is 11.4. The molecule has 4 aromatic rings. The maximum atomic E-state index is 14.1. The molecule has 2 aromatic carbocycles. The van der Waals surface area contributed by atoms with Crippen molar-refractivity contribution in [2.75, 3.05) is 19.8 Å². The minimum atomic E-state index is -0.707. The maximum Gasteiger partial charge on any atom is 0.270 e. The van der Waals surface area contributed by atoms with Crippen LogP contribution >= 0.6 is 0 Å². The Morgan fingerprint density at radius 1 is 1.14 bits per heavy atom. The van der Waals surface area contributed by atoms with Gasteiger partial charge in [-0.05, 0) is 55.3 Å². The van der Waals surface area contributed by atoms with Gasteiger partial charge in [0.2, 0.25) is 0 Å². The molecule has 0 aliphatic carbocycles. The summed E-state index contributed by atoms with van der Waals surface area (Å²) < 4.78 is 41.0. The van der Waals surface area contributed by atoms with Crippen molar-refractivity contribution < 1.29 is 28.2 Å². The summed E-state index contributed by atoms with van der Waals surface area (Å²) in [5.74, 6) is -0.981. The minimum absolute atomic E-state index is 0.116. The number of aliphatic hydroxyl groups is 1. The number of nitrogens with one attached hydrogen (secondary N) is 1. The van der Waals surface area contributed by atoms with Crippen LogP contribution in [0.3, 0.4) is 0 Å². The number of pyridine rings is 1. The van der Waals surface area contributed by atoms with Crippen LogP contribution in [0.4, 0.5) is 8.78 Å². The van der Waals surface area contributed by atoms with E-state index in [0.29, 0.717) is 17.1 Å². The normalized spacial score (nSPS) is 11.9. The molecule has 8 nitrogen and oxygen atoms in total. The van der Waals surface area contributed by atoms with Crippen molar-refractivity contribution in [2.45, 2.75) is 26.5 Å². The van der Waals surface area contributed by atoms with Crippen LogP contribution in [-0.4, -0.2) is 40.2 Å². The molecule has 0 saturated heterocycles. The minimum Gasteiger partial charge on any atom is -0.491 e. The molecule has 0 saturated carbocycles. The van der Waals surface area contributed by atoms with Crippen LogP contribution in [0.25, 0.3) is 5.65 Å². The molecular weight excluding hydrogens is 482 g/mol. The highest BCUT2D eigenvalue weighted by molar-refractivity contribution is 5.95. The highest BCUT2D eigenvalue weighted by Crippen LogP contribution is 2.27. The van der Waals surface area contributed by atoms with Gasteiger partial charge in [0.25, 0.3) is 5.91 Å². The fourth-order valence-corrected chi connectivity index (χ4v) is 4.05. The van der Waals surface area contributed by atoms with Crippen molar-refractivity contribution in [3.63, 3.8) is 0 Å². The second-order valence-electron chi connectivity index (χ2n) is 8.52. The molecule has 2 heterocycles. The number of hydrogen-bond donors (Lipinski definition) is 3. The van der Waals surface area contributed by atoms with Crippen LogP contribution in [0.5, 0.6) is 11.5 Å². The largest absolute Gasteiger partial charge is 0.491 e. The van der Waals surface area contributed by atoms with Gasteiger partial charge >= 0.3 is 0 Å². The number of hydrogen-bond acceptors (Lipinski definition) is 6. The van der Waals surface area contributed by atoms with Gasteiger partial charge in [-0.2, -0.15) is 0 Å². The van der Waals surface area contributed by atoms with E-state index < -0.39 is 23.6 Å². The Morgan fingerprint density at radius 2 is 1.86 bits per heavy atom. The van der Waals surface area contributed by atoms with E-state index in [2.05, 4.69) is 10.3 Å². The standard InChI is InChI=1S/C27H28F2N4O4/c1-16-11-24(37-15-20-21(28)7-4-8-22(20)29)26-31-17(2)25(33(26)14-16)27(35)32-23(13-30)18-5-3-6-19(12-18)36-10-9-34/h3-8,11-12,14,23,34H,9-10,13,15,30H2,1-2H3,(H,32,35). The van der Waals surface area contributed by atoms with Crippen molar-refractivity contribution in [3.05, 3.63) is 94.4 Å². The Kier molecular flexibility index (Phi) is 8.00. The molecule has 0 aliphatic heterocycles. The summed E-state index contributed by atoms with van der Waals surface area (Å²) in [6.45, 7) is 3.33. The number of aryl methyl sites for hydroxylation is 2. The molecule has 10 heteroatoms. The van der Waals surface area contributed by atoms with Crippen LogP contribution in [0.15, 0.2) is 54.7 Å². The summed E-state index contributed by atoms with van der Waals surface area (Å²) in [7, 11) is 0. The van der Waals surface area contributed by atoms with Crippen LogP contribution in [-0.2, 0) is 6.61 Å². The predicted molar refractivity (Wildman–Crippen MR) is 134 cm³/mol. The fraction of sp³-hybridized carbons (Fsp3) is 0.259. The van der Waals surface area contributed by atoms with Crippen LogP contribution in [0.1, 0.15) is 38.9 Å². The Hall–Kier alpha value is -4.02. The van der Waals surface area contributed by atoms with E-state index in [1.807, 2.05) is 13.0 Å². The van der Waals surface area contributed by atoms with Gasteiger partial charge in [-0.3, -0.25) is 9.20 Å². The third-order valence-corrected chi connectivity index (χ3v) is 5.81. The van der Waals surface area contributed by atoms with Gasteiger partial charge < -0.3 is 25.6 Å². The van der Waals surface area contributed by atoms with Crippen LogP contribution in [0.2, 0.25) is 0 Å². The number of aromatic nitrogens is 2. The molecule has 0 bridgehead atoms. The Morgan fingerprint density at radius 3 is 2.57 bits per heavy atom. The number of carbonyl (C=O) groups excluding carboxylic acids is 1. The highest BCUT2D eigenvalue weighted by Gasteiger charge is 2.23. The van der Waals surface area contributed by atoms with Gasteiger partial charge in [-0.15, -0.1) is 0 Å². The first kappa shape index (κ1) is 26.1. The number of rotatable bonds is 10. The smallest absolute Gasteiger partial charge is 0.270 e. The fourth-order valence-electron chi connectivity index (χ4n) is 4.05. The van der Waals surface area contributed by atoms with E-state index >= 15 is 0 Å². The molecule has 0 aliphatic rings. The zero-order chi connectivity index (χ0) is 26.5. The van der Waals surface area contributed by atoms with Crippen molar-refractivity contribution in [1.82, 2.24) is 14.7 Å². The van der Waals surface area contributed by atoms with Crippen molar-refractivity contribution in [1.29, 1.82) is 0 Å². The Balaban J connectivity index is 1.61. The zero-order valence-electron chi connectivity index (χ0n) is 20.5. The van der Waals surface area contributed by atoms with Crippen molar-refractivity contribution >= 4 is 11.6 Å². The molecular formula is C27H28F2N4O4. The van der Waals surface area contributed by atoms with Gasteiger partial charge in [0.05, 0.1) is 23.9 Å². The average molecular weight is 511 g/mol. The summed E-state index contributed by atoms with van der Waals surface area (Å²) >= 11 is 0. The lowest BCUT2D eigenvalue weighted by Gasteiger charge is -2.18. The SMILES string of the molecule is Cc1cc(OCc2c(F)cccc2F)c2nc(C)c(C(=O)NC(CN)c3cccc(OCCO)c3)n2c1. The number of halogens is 2. The molecule has 37 heavy (non-hydrogen) atoms. The first-order valence-corrected chi connectivity index (χ1v) is 11.7. The van der Waals surface area contributed by atoms with Gasteiger partial charge in [0, 0.05) is 12.7 Å². The van der Waals surface area contributed by atoms with Crippen molar-refractivity contribution in [3.8, 4) is 11.5 Å². The highest BCUT2D eigenvalue weighted by atomic mass is 19.1. The molecule has 0 spiro atoms. The molecule has 0 fully saturated rings. The predicted octanol–water partition coefficient (Wildman–Crippen LogP) is 3.61. The van der Waals surface area contributed by atoms with E-state index in [9.17, 15) is 13.6 Å². The summed E-state index contributed by atoms with van der Waals surface area (Å²) in [5, 5.41) is 11.9. The maximum absolute atomic E-state index is 14.1. The number of imidazole rings is 1. The lowest BCUT2D eigenvalue weighted by Crippen LogP contribution is -2.34. The molecule has 1 amide bonds. The Bertz CT molecular complexity index is 1400. The summed E-state index contributed by atoms with van der Waals surface area (Å²) in [6.07, 6.45) is 1.74. The number of nitrogens with zero attached hydrogens (tertiary/aromatic N) is 2. The third-order valence-electron chi connectivity index (χ3n) is 5.81. The molecule has 1 atom stereocenters.